The van der Waals surface area contributed by atoms with Crippen molar-refractivity contribution in [1.82, 2.24) is 10.2 Å². The van der Waals surface area contributed by atoms with E-state index in [1.165, 1.54) is 26.2 Å². The van der Waals surface area contributed by atoms with E-state index in [1.54, 1.807) is 11.8 Å². The Kier molecular flexibility index (Phi) is 9.33. The molecule has 6 heteroatoms. The highest BCUT2D eigenvalue weighted by molar-refractivity contribution is 5.78. The fraction of sp³-hybridized carbons (Fsp3) is 0.824. The minimum atomic E-state index is -0.289. The third kappa shape index (κ3) is 8.57. The first-order valence-corrected chi connectivity index (χ1v) is 8.70. The van der Waals surface area contributed by atoms with Gasteiger partial charge in [0.15, 0.2) is 0 Å². The molecule has 1 aliphatic carbocycles. The van der Waals surface area contributed by atoms with Gasteiger partial charge in [-0.25, -0.2) is 0 Å². The molecule has 0 aromatic carbocycles. The molecule has 6 nitrogen and oxygen atoms in total. The first kappa shape index (κ1) is 19.5. The molecule has 23 heavy (non-hydrogen) atoms. The van der Waals surface area contributed by atoms with Crippen molar-refractivity contribution < 1.29 is 19.1 Å². The van der Waals surface area contributed by atoms with Crippen LogP contribution in [0.3, 0.4) is 0 Å². The molecule has 0 unspecified atom stereocenters. The summed E-state index contributed by atoms with van der Waals surface area (Å²) >= 11 is 0. The fourth-order valence-electron chi connectivity index (χ4n) is 2.95. The molecule has 0 aromatic heterocycles. The zero-order valence-corrected chi connectivity index (χ0v) is 14.4. The molecule has 1 fully saturated rings. The lowest BCUT2D eigenvalue weighted by atomic mass is 9.86. The smallest absolute Gasteiger partial charge is 0.307 e. The van der Waals surface area contributed by atoms with Crippen molar-refractivity contribution in [2.45, 2.75) is 58.8 Å². The molecule has 0 atom stereocenters. The van der Waals surface area contributed by atoms with Gasteiger partial charge < -0.3 is 15.0 Å². The maximum absolute atomic E-state index is 12.5. The number of carbonyl (C=O) groups is 3. The average Bonchev–Trinajstić information content (AvgIpc) is 2.51. The van der Waals surface area contributed by atoms with Crippen molar-refractivity contribution in [3.05, 3.63) is 0 Å². The van der Waals surface area contributed by atoms with E-state index in [2.05, 4.69) is 5.32 Å². The number of ether oxygens (including phenoxy) is 1. The Morgan fingerprint density at radius 1 is 1.13 bits per heavy atom. The lowest BCUT2D eigenvalue weighted by Gasteiger charge is -2.27. The molecule has 1 rings (SSSR count). The summed E-state index contributed by atoms with van der Waals surface area (Å²) in [5.74, 6) is 0.131. The summed E-state index contributed by atoms with van der Waals surface area (Å²) in [6.45, 7) is 4.76. The van der Waals surface area contributed by atoms with Crippen LogP contribution in [0, 0.1) is 5.92 Å². The van der Waals surface area contributed by atoms with Crippen LogP contribution in [0.1, 0.15) is 58.8 Å². The van der Waals surface area contributed by atoms with Gasteiger partial charge in [0, 0.05) is 33.0 Å². The zero-order valence-electron chi connectivity index (χ0n) is 14.4. The van der Waals surface area contributed by atoms with Gasteiger partial charge in [-0.05, 0) is 25.7 Å². The van der Waals surface area contributed by atoms with E-state index in [0.717, 1.165) is 12.8 Å². The standard InChI is InChI=1S/C17H30N2O4/c1-3-23-17(22)9-11-19(12-10-18-14(2)20)16(21)13-15-7-5-4-6-8-15/h15H,3-13H2,1-2H3,(H,18,20). The van der Waals surface area contributed by atoms with Gasteiger partial charge >= 0.3 is 5.97 Å². The molecule has 2 amide bonds. The van der Waals surface area contributed by atoms with Crippen molar-refractivity contribution in [1.29, 1.82) is 0 Å². The van der Waals surface area contributed by atoms with E-state index in [1.807, 2.05) is 0 Å². The Morgan fingerprint density at radius 2 is 1.83 bits per heavy atom. The van der Waals surface area contributed by atoms with E-state index in [9.17, 15) is 14.4 Å². The number of nitrogens with one attached hydrogen (secondary N) is 1. The van der Waals surface area contributed by atoms with Crippen LogP contribution in [0.25, 0.3) is 0 Å². The molecule has 0 spiro atoms. The molecule has 0 bridgehead atoms. The number of nitrogens with zero attached hydrogens (tertiary/aromatic N) is 1. The van der Waals surface area contributed by atoms with Gasteiger partial charge in [-0.3, -0.25) is 14.4 Å². The predicted octanol–water partition coefficient (Wildman–Crippen LogP) is 1.87. The summed E-state index contributed by atoms with van der Waals surface area (Å²) < 4.78 is 4.92. The van der Waals surface area contributed by atoms with Crippen LogP contribution in [0.4, 0.5) is 0 Å². The van der Waals surface area contributed by atoms with Gasteiger partial charge in [0.05, 0.1) is 13.0 Å². The number of hydrogen-bond donors (Lipinski definition) is 1. The Bertz CT molecular complexity index is 392. The van der Waals surface area contributed by atoms with Gasteiger partial charge in [0.1, 0.15) is 0 Å². The van der Waals surface area contributed by atoms with Crippen LogP contribution in [0.2, 0.25) is 0 Å². The molecular formula is C17H30N2O4. The van der Waals surface area contributed by atoms with Crippen molar-refractivity contribution in [2.75, 3.05) is 26.2 Å². The molecule has 0 heterocycles. The van der Waals surface area contributed by atoms with Crippen molar-refractivity contribution in [3.8, 4) is 0 Å². The highest BCUT2D eigenvalue weighted by Gasteiger charge is 2.21. The van der Waals surface area contributed by atoms with Crippen LogP contribution in [-0.4, -0.2) is 48.9 Å². The summed E-state index contributed by atoms with van der Waals surface area (Å²) in [6, 6.07) is 0. The SMILES string of the molecule is CCOC(=O)CCN(CCNC(C)=O)C(=O)CC1CCCCC1. The predicted molar refractivity (Wildman–Crippen MR) is 87.7 cm³/mol. The Balaban J connectivity index is 2.47. The molecule has 0 aliphatic heterocycles. The Hall–Kier alpha value is -1.59. The van der Waals surface area contributed by atoms with E-state index >= 15 is 0 Å². The lowest BCUT2D eigenvalue weighted by molar-refractivity contribution is -0.144. The number of esters is 1. The van der Waals surface area contributed by atoms with Crippen LogP contribution in [0.15, 0.2) is 0 Å². The number of carbonyl (C=O) groups excluding carboxylic acids is 3. The molecule has 0 aromatic rings. The average molecular weight is 326 g/mol. The summed E-state index contributed by atoms with van der Waals surface area (Å²) in [5, 5.41) is 2.70. The lowest BCUT2D eigenvalue weighted by Crippen LogP contribution is -2.40. The van der Waals surface area contributed by atoms with Gasteiger partial charge in [0.25, 0.3) is 0 Å². The topological polar surface area (TPSA) is 75.7 Å². The second-order valence-corrected chi connectivity index (χ2v) is 6.13. The van der Waals surface area contributed by atoms with Crippen LogP contribution >= 0.6 is 0 Å². The maximum atomic E-state index is 12.5. The second kappa shape index (κ2) is 11.0. The van der Waals surface area contributed by atoms with Crippen LogP contribution in [-0.2, 0) is 19.1 Å². The maximum Gasteiger partial charge on any atom is 0.307 e. The number of amides is 2. The number of hydrogen-bond acceptors (Lipinski definition) is 4. The first-order chi connectivity index (χ1) is 11.0. The first-order valence-electron chi connectivity index (χ1n) is 8.70. The van der Waals surface area contributed by atoms with Gasteiger partial charge in [-0.1, -0.05) is 19.3 Å². The molecule has 0 radical (unpaired) electrons. The molecule has 1 N–H and O–H groups in total. The third-order valence-corrected chi connectivity index (χ3v) is 4.19. The highest BCUT2D eigenvalue weighted by Crippen LogP contribution is 2.26. The molecule has 1 aliphatic rings. The van der Waals surface area contributed by atoms with E-state index in [-0.39, 0.29) is 24.2 Å². The monoisotopic (exact) mass is 326 g/mol. The molecule has 1 saturated carbocycles. The third-order valence-electron chi connectivity index (χ3n) is 4.19. The second-order valence-electron chi connectivity index (χ2n) is 6.13. The van der Waals surface area contributed by atoms with Crippen LogP contribution < -0.4 is 5.32 Å². The van der Waals surface area contributed by atoms with Crippen molar-refractivity contribution >= 4 is 17.8 Å². The van der Waals surface area contributed by atoms with Crippen molar-refractivity contribution in [3.63, 3.8) is 0 Å². The minimum Gasteiger partial charge on any atom is -0.466 e. The van der Waals surface area contributed by atoms with Gasteiger partial charge in [-0.15, -0.1) is 0 Å². The van der Waals surface area contributed by atoms with Gasteiger partial charge in [0.2, 0.25) is 11.8 Å². The molecular weight excluding hydrogens is 296 g/mol. The van der Waals surface area contributed by atoms with E-state index in [4.69, 9.17) is 4.74 Å². The zero-order chi connectivity index (χ0) is 17.1. The summed E-state index contributed by atoms with van der Waals surface area (Å²) in [6.07, 6.45) is 6.64. The normalized spacial score (nSPS) is 15.0. The van der Waals surface area contributed by atoms with E-state index in [0.29, 0.717) is 38.6 Å². The van der Waals surface area contributed by atoms with E-state index < -0.39 is 0 Å². The fourth-order valence-corrected chi connectivity index (χ4v) is 2.95. The number of rotatable bonds is 9. The highest BCUT2D eigenvalue weighted by atomic mass is 16.5. The minimum absolute atomic E-state index is 0.0755. The summed E-state index contributed by atoms with van der Waals surface area (Å²) in [5.41, 5.74) is 0. The molecule has 132 valence electrons. The molecule has 0 saturated heterocycles. The van der Waals surface area contributed by atoms with Gasteiger partial charge in [-0.2, -0.15) is 0 Å². The summed E-state index contributed by atoms with van der Waals surface area (Å²) in [7, 11) is 0. The quantitative estimate of drug-likeness (QED) is 0.656. The van der Waals surface area contributed by atoms with Crippen LogP contribution in [0.5, 0.6) is 0 Å². The Morgan fingerprint density at radius 3 is 2.43 bits per heavy atom. The van der Waals surface area contributed by atoms with Crippen molar-refractivity contribution in [2.24, 2.45) is 5.92 Å². The Labute approximate surface area is 138 Å². The largest absolute Gasteiger partial charge is 0.466 e. The summed E-state index contributed by atoms with van der Waals surface area (Å²) in [4.78, 5) is 36.7.